The van der Waals surface area contributed by atoms with E-state index in [2.05, 4.69) is 15.2 Å². The molecule has 0 aliphatic rings. The van der Waals surface area contributed by atoms with Gasteiger partial charge in [-0.3, -0.25) is 4.40 Å². The molecule has 0 aliphatic heterocycles. The minimum absolute atomic E-state index is 0.0869. The molecular weight excluding hydrogens is 208 g/mol. The lowest BCUT2D eigenvalue weighted by atomic mass is 10.3. The summed E-state index contributed by atoms with van der Waals surface area (Å²) in [5.41, 5.74) is 1.56. The molecule has 0 fully saturated rings. The van der Waals surface area contributed by atoms with E-state index < -0.39 is 5.97 Å². The Morgan fingerprint density at radius 1 is 1.31 bits per heavy atom. The van der Waals surface area contributed by atoms with Crippen LogP contribution in [0.15, 0.2) is 30.6 Å². The fourth-order valence-electron chi connectivity index (χ4n) is 1.65. The molecule has 2 aromatic heterocycles. The number of carboxylic acids is 1. The highest BCUT2D eigenvalue weighted by molar-refractivity contribution is 5.95. The summed E-state index contributed by atoms with van der Waals surface area (Å²) in [6.45, 7) is 0. The molecule has 0 saturated heterocycles. The molecule has 3 aromatic rings. The van der Waals surface area contributed by atoms with Crippen molar-refractivity contribution in [2.75, 3.05) is 0 Å². The maximum atomic E-state index is 11.0. The number of rotatable bonds is 1. The number of carbonyl (C=O) groups is 1. The SMILES string of the molecule is O=C(O)c1nc2ccccc2n2cnnc12. The summed E-state index contributed by atoms with van der Waals surface area (Å²) in [5, 5.41) is 16.5. The van der Waals surface area contributed by atoms with E-state index in [9.17, 15) is 4.79 Å². The van der Waals surface area contributed by atoms with Gasteiger partial charge in [0, 0.05) is 0 Å². The molecule has 16 heavy (non-hydrogen) atoms. The van der Waals surface area contributed by atoms with Crippen LogP contribution in [0.25, 0.3) is 16.7 Å². The third-order valence-corrected chi connectivity index (χ3v) is 2.34. The van der Waals surface area contributed by atoms with Crippen molar-refractivity contribution >= 4 is 22.6 Å². The van der Waals surface area contributed by atoms with E-state index in [1.807, 2.05) is 12.1 Å². The van der Waals surface area contributed by atoms with Crippen LogP contribution in [-0.4, -0.2) is 30.7 Å². The molecule has 0 atom stereocenters. The Morgan fingerprint density at radius 3 is 2.94 bits per heavy atom. The van der Waals surface area contributed by atoms with Crippen molar-refractivity contribution in [3.05, 3.63) is 36.3 Å². The molecule has 0 saturated carbocycles. The van der Waals surface area contributed by atoms with Crippen LogP contribution in [-0.2, 0) is 0 Å². The molecule has 2 heterocycles. The number of carboxylic acid groups (broad SMARTS) is 1. The van der Waals surface area contributed by atoms with Gasteiger partial charge in [-0.1, -0.05) is 12.1 Å². The van der Waals surface area contributed by atoms with Gasteiger partial charge in [0.2, 0.25) is 0 Å². The van der Waals surface area contributed by atoms with Crippen LogP contribution in [0.2, 0.25) is 0 Å². The van der Waals surface area contributed by atoms with Crippen LogP contribution in [0.5, 0.6) is 0 Å². The maximum absolute atomic E-state index is 11.0. The molecule has 0 radical (unpaired) electrons. The molecule has 6 nitrogen and oxygen atoms in total. The Bertz CT molecular complexity index is 704. The van der Waals surface area contributed by atoms with Crippen molar-refractivity contribution in [1.29, 1.82) is 0 Å². The van der Waals surface area contributed by atoms with Crippen molar-refractivity contribution in [3.63, 3.8) is 0 Å². The first-order valence-corrected chi connectivity index (χ1v) is 4.59. The van der Waals surface area contributed by atoms with E-state index in [0.717, 1.165) is 5.52 Å². The number of hydrogen-bond donors (Lipinski definition) is 1. The predicted octanol–water partition coefficient (Wildman–Crippen LogP) is 0.976. The first-order valence-electron chi connectivity index (χ1n) is 4.59. The maximum Gasteiger partial charge on any atom is 0.358 e. The summed E-state index contributed by atoms with van der Waals surface area (Å²) in [5.74, 6) is -1.11. The van der Waals surface area contributed by atoms with E-state index in [1.165, 1.54) is 6.33 Å². The van der Waals surface area contributed by atoms with E-state index >= 15 is 0 Å². The van der Waals surface area contributed by atoms with Crippen LogP contribution < -0.4 is 0 Å². The molecule has 1 aromatic carbocycles. The summed E-state index contributed by atoms with van der Waals surface area (Å²) >= 11 is 0. The second-order valence-electron chi connectivity index (χ2n) is 3.28. The molecule has 0 unspecified atom stereocenters. The molecular formula is C10H6N4O2. The van der Waals surface area contributed by atoms with Gasteiger partial charge in [0.1, 0.15) is 6.33 Å². The lowest BCUT2D eigenvalue weighted by Crippen LogP contribution is -2.05. The minimum Gasteiger partial charge on any atom is -0.476 e. The third-order valence-electron chi connectivity index (χ3n) is 2.34. The first-order chi connectivity index (χ1) is 7.77. The van der Waals surface area contributed by atoms with Crippen LogP contribution in [0.1, 0.15) is 10.5 Å². The van der Waals surface area contributed by atoms with Gasteiger partial charge >= 0.3 is 5.97 Å². The number of fused-ring (bicyclic) bond motifs is 3. The van der Waals surface area contributed by atoms with Gasteiger partial charge in [-0.25, -0.2) is 9.78 Å². The summed E-state index contributed by atoms with van der Waals surface area (Å²) in [6, 6.07) is 7.24. The molecule has 0 amide bonds. The van der Waals surface area contributed by atoms with Gasteiger partial charge in [0.05, 0.1) is 11.0 Å². The quantitative estimate of drug-likeness (QED) is 0.653. The zero-order valence-electron chi connectivity index (χ0n) is 8.03. The predicted molar refractivity (Wildman–Crippen MR) is 55.2 cm³/mol. The first kappa shape index (κ1) is 8.78. The summed E-state index contributed by atoms with van der Waals surface area (Å²) < 4.78 is 1.62. The van der Waals surface area contributed by atoms with Crippen LogP contribution >= 0.6 is 0 Å². The van der Waals surface area contributed by atoms with Gasteiger partial charge in [0.25, 0.3) is 0 Å². The number of para-hydroxylation sites is 2. The Labute approximate surface area is 89.2 Å². The average molecular weight is 214 g/mol. The summed E-state index contributed by atoms with van der Waals surface area (Å²) in [4.78, 5) is 15.1. The highest BCUT2D eigenvalue weighted by Gasteiger charge is 2.15. The average Bonchev–Trinajstić information content (AvgIpc) is 2.76. The highest BCUT2D eigenvalue weighted by Crippen LogP contribution is 2.15. The van der Waals surface area contributed by atoms with Gasteiger partial charge in [-0.05, 0) is 12.1 Å². The van der Waals surface area contributed by atoms with Gasteiger partial charge in [-0.2, -0.15) is 0 Å². The van der Waals surface area contributed by atoms with E-state index in [0.29, 0.717) is 5.52 Å². The zero-order valence-corrected chi connectivity index (χ0v) is 8.03. The largest absolute Gasteiger partial charge is 0.476 e. The highest BCUT2D eigenvalue weighted by atomic mass is 16.4. The van der Waals surface area contributed by atoms with Gasteiger partial charge < -0.3 is 5.11 Å². The number of hydrogen-bond acceptors (Lipinski definition) is 4. The molecule has 0 aliphatic carbocycles. The number of aromatic carboxylic acids is 1. The topological polar surface area (TPSA) is 80.4 Å². The molecule has 1 N–H and O–H groups in total. The second-order valence-corrected chi connectivity index (χ2v) is 3.28. The zero-order chi connectivity index (χ0) is 11.1. The number of nitrogens with zero attached hydrogens (tertiary/aromatic N) is 4. The Hall–Kier alpha value is -2.50. The monoisotopic (exact) mass is 214 g/mol. The van der Waals surface area contributed by atoms with Crippen molar-refractivity contribution < 1.29 is 9.90 Å². The van der Waals surface area contributed by atoms with Crippen LogP contribution in [0.4, 0.5) is 0 Å². The fourth-order valence-corrected chi connectivity index (χ4v) is 1.65. The normalized spacial score (nSPS) is 11.0. The number of aromatic nitrogens is 4. The van der Waals surface area contributed by atoms with Gasteiger partial charge in [0.15, 0.2) is 11.3 Å². The van der Waals surface area contributed by atoms with Crippen LogP contribution in [0.3, 0.4) is 0 Å². The Morgan fingerprint density at radius 2 is 2.12 bits per heavy atom. The Balaban J connectivity index is 2.58. The van der Waals surface area contributed by atoms with Gasteiger partial charge in [-0.15, -0.1) is 10.2 Å². The second kappa shape index (κ2) is 2.99. The lowest BCUT2D eigenvalue weighted by Gasteiger charge is -2.02. The Kier molecular flexibility index (Phi) is 1.64. The van der Waals surface area contributed by atoms with Crippen molar-refractivity contribution in [1.82, 2.24) is 19.6 Å². The lowest BCUT2D eigenvalue weighted by molar-refractivity contribution is 0.0692. The molecule has 3 rings (SSSR count). The third kappa shape index (κ3) is 1.07. The molecule has 0 bridgehead atoms. The molecule has 0 spiro atoms. The van der Waals surface area contributed by atoms with Crippen molar-refractivity contribution in [3.8, 4) is 0 Å². The van der Waals surface area contributed by atoms with E-state index in [-0.39, 0.29) is 11.3 Å². The van der Waals surface area contributed by atoms with E-state index in [1.54, 1.807) is 16.5 Å². The minimum atomic E-state index is -1.11. The molecule has 78 valence electrons. The summed E-state index contributed by atoms with van der Waals surface area (Å²) in [6.07, 6.45) is 1.48. The van der Waals surface area contributed by atoms with Crippen molar-refractivity contribution in [2.24, 2.45) is 0 Å². The van der Waals surface area contributed by atoms with Crippen LogP contribution in [0, 0.1) is 0 Å². The van der Waals surface area contributed by atoms with E-state index in [4.69, 9.17) is 5.11 Å². The molecule has 6 heteroatoms. The van der Waals surface area contributed by atoms with Crippen molar-refractivity contribution in [2.45, 2.75) is 0 Å². The number of benzene rings is 1. The summed E-state index contributed by atoms with van der Waals surface area (Å²) in [7, 11) is 0. The fraction of sp³-hybridized carbons (Fsp3) is 0. The standard InChI is InChI=1S/C10H6N4O2/c15-10(16)8-9-13-11-5-14(9)7-4-2-1-3-6(7)12-8/h1-5H,(H,15,16). The smallest absolute Gasteiger partial charge is 0.358 e.